The molecule has 1 aromatic rings. The summed E-state index contributed by atoms with van der Waals surface area (Å²) < 4.78 is 0. The van der Waals surface area contributed by atoms with Crippen LogP contribution in [-0.4, -0.2) is 36.5 Å². The van der Waals surface area contributed by atoms with Crippen LogP contribution in [0.3, 0.4) is 0 Å². The second kappa shape index (κ2) is 7.25. The molecule has 1 aromatic carbocycles. The number of hydrogen-bond acceptors (Lipinski definition) is 3. The fraction of sp³-hybridized carbons (Fsp3) is 0.611. The molecular weight excluding hydrogens is 274 g/mol. The molecule has 4 heteroatoms. The van der Waals surface area contributed by atoms with E-state index >= 15 is 0 Å². The van der Waals surface area contributed by atoms with Gasteiger partial charge in [-0.05, 0) is 55.5 Å². The lowest BCUT2D eigenvalue weighted by Crippen LogP contribution is -2.45. The van der Waals surface area contributed by atoms with Gasteiger partial charge in [0.2, 0.25) is 5.91 Å². The largest absolute Gasteiger partial charge is 0.325 e. The van der Waals surface area contributed by atoms with Crippen molar-refractivity contribution >= 4 is 11.6 Å². The Hall–Kier alpha value is -1.39. The summed E-state index contributed by atoms with van der Waals surface area (Å²) >= 11 is 0. The molecule has 1 saturated heterocycles. The third-order valence-corrected chi connectivity index (χ3v) is 4.35. The van der Waals surface area contributed by atoms with Gasteiger partial charge in [-0.25, -0.2) is 0 Å². The number of benzene rings is 1. The first-order chi connectivity index (χ1) is 10.4. The van der Waals surface area contributed by atoms with E-state index in [0.717, 1.165) is 18.7 Å². The molecule has 22 heavy (non-hydrogen) atoms. The third kappa shape index (κ3) is 4.82. The topological polar surface area (TPSA) is 58.4 Å². The zero-order chi connectivity index (χ0) is 16.2. The lowest BCUT2D eigenvalue weighted by molar-refractivity contribution is -0.119. The summed E-state index contributed by atoms with van der Waals surface area (Å²) in [5.41, 5.74) is 7.86. The number of rotatable bonds is 5. The predicted molar refractivity (Wildman–Crippen MR) is 91.9 cm³/mol. The average molecular weight is 303 g/mol. The Kier molecular flexibility index (Phi) is 5.59. The van der Waals surface area contributed by atoms with Gasteiger partial charge in [0.1, 0.15) is 0 Å². The number of hydrogen-bond donors (Lipinski definition) is 2. The number of nitrogens with zero attached hydrogens (tertiary/aromatic N) is 1. The zero-order valence-corrected chi connectivity index (χ0v) is 14.1. The van der Waals surface area contributed by atoms with E-state index in [0.29, 0.717) is 0 Å². The maximum atomic E-state index is 12.1. The van der Waals surface area contributed by atoms with Crippen LogP contribution in [0.25, 0.3) is 0 Å². The van der Waals surface area contributed by atoms with Crippen LogP contribution in [0.1, 0.15) is 39.2 Å². The van der Waals surface area contributed by atoms with Crippen LogP contribution < -0.4 is 11.1 Å². The van der Waals surface area contributed by atoms with Crippen molar-refractivity contribution in [2.45, 2.75) is 46.1 Å². The molecule has 122 valence electrons. The molecule has 4 nitrogen and oxygen atoms in total. The number of likely N-dealkylation sites (tertiary alicyclic amines) is 1. The minimum Gasteiger partial charge on any atom is -0.325 e. The highest BCUT2D eigenvalue weighted by atomic mass is 16.2. The Bertz CT molecular complexity index is 484. The maximum absolute atomic E-state index is 12.1. The summed E-state index contributed by atoms with van der Waals surface area (Å²) in [5.74, 6) is -0.127. The Morgan fingerprint density at radius 2 is 1.82 bits per heavy atom. The SMILES string of the molecule is CC(C)(C)[C@H](N)C(=O)Nc1ccc(CCN2CCCC2)cc1. The molecule has 3 N–H and O–H groups in total. The number of anilines is 1. The molecule has 1 heterocycles. The van der Waals surface area contributed by atoms with Gasteiger partial charge < -0.3 is 16.0 Å². The van der Waals surface area contributed by atoms with E-state index in [2.05, 4.69) is 22.3 Å². The Balaban J connectivity index is 1.84. The predicted octanol–water partition coefficient (Wildman–Crippen LogP) is 2.64. The highest BCUT2D eigenvalue weighted by molar-refractivity contribution is 5.95. The number of nitrogens with two attached hydrogens (primary N) is 1. The number of amides is 1. The minimum atomic E-state index is -0.512. The molecule has 1 amide bonds. The summed E-state index contributed by atoms with van der Waals surface area (Å²) in [6.45, 7) is 9.51. The summed E-state index contributed by atoms with van der Waals surface area (Å²) in [7, 11) is 0. The van der Waals surface area contributed by atoms with E-state index in [4.69, 9.17) is 5.73 Å². The number of carbonyl (C=O) groups excluding carboxylic acids is 1. The van der Waals surface area contributed by atoms with Crippen molar-refractivity contribution in [1.82, 2.24) is 4.90 Å². The number of carbonyl (C=O) groups is 1. The van der Waals surface area contributed by atoms with Gasteiger partial charge in [0, 0.05) is 12.2 Å². The monoisotopic (exact) mass is 303 g/mol. The summed E-state index contributed by atoms with van der Waals surface area (Å²) in [4.78, 5) is 14.6. The minimum absolute atomic E-state index is 0.127. The second-order valence-corrected chi connectivity index (χ2v) is 7.33. The van der Waals surface area contributed by atoms with Gasteiger partial charge in [0.15, 0.2) is 0 Å². The van der Waals surface area contributed by atoms with E-state index in [9.17, 15) is 4.79 Å². The zero-order valence-electron chi connectivity index (χ0n) is 14.1. The van der Waals surface area contributed by atoms with Gasteiger partial charge >= 0.3 is 0 Å². The molecule has 1 aliphatic heterocycles. The molecule has 0 aromatic heterocycles. The normalized spacial score (nSPS) is 17.5. The van der Waals surface area contributed by atoms with E-state index in [1.54, 1.807) is 0 Å². The molecule has 0 radical (unpaired) electrons. The van der Waals surface area contributed by atoms with Crippen molar-refractivity contribution in [2.75, 3.05) is 25.0 Å². The molecule has 0 saturated carbocycles. The van der Waals surface area contributed by atoms with Crippen molar-refractivity contribution in [3.63, 3.8) is 0 Å². The van der Waals surface area contributed by atoms with Crippen LogP contribution in [0.2, 0.25) is 0 Å². The van der Waals surface area contributed by atoms with Gasteiger partial charge in [-0.3, -0.25) is 4.79 Å². The molecule has 1 fully saturated rings. The van der Waals surface area contributed by atoms with Crippen molar-refractivity contribution in [3.8, 4) is 0 Å². The lowest BCUT2D eigenvalue weighted by Gasteiger charge is -2.25. The first-order valence-corrected chi connectivity index (χ1v) is 8.24. The van der Waals surface area contributed by atoms with Crippen molar-refractivity contribution in [3.05, 3.63) is 29.8 Å². The fourth-order valence-corrected chi connectivity index (χ4v) is 2.66. The molecular formula is C18H29N3O. The molecule has 1 aliphatic rings. The molecule has 0 bridgehead atoms. The summed E-state index contributed by atoms with van der Waals surface area (Å²) in [5, 5.41) is 2.90. The summed E-state index contributed by atoms with van der Waals surface area (Å²) in [6.07, 6.45) is 3.73. The first kappa shape index (κ1) is 17.0. The standard InChI is InChI=1S/C18H29N3O/c1-18(2,3)16(19)17(22)20-15-8-6-14(7-9-15)10-13-21-11-4-5-12-21/h6-9,16H,4-5,10-13,19H2,1-3H3,(H,20,22)/t16-/m1/s1. The van der Waals surface area contributed by atoms with Crippen LogP contribution in [-0.2, 0) is 11.2 Å². The van der Waals surface area contributed by atoms with Crippen molar-refractivity contribution in [1.29, 1.82) is 0 Å². The maximum Gasteiger partial charge on any atom is 0.241 e. The van der Waals surface area contributed by atoms with Crippen LogP contribution in [0, 0.1) is 5.41 Å². The fourth-order valence-electron chi connectivity index (χ4n) is 2.66. The van der Waals surface area contributed by atoms with E-state index < -0.39 is 6.04 Å². The van der Waals surface area contributed by atoms with Crippen LogP contribution in [0.5, 0.6) is 0 Å². The average Bonchev–Trinajstić information content (AvgIpc) is 2.98. The number of nitrogens with one attached hydrogen (secondary N) is 1. The van der Waals surface area contributed by atoms with Crippen LogP contribution >= 0.6 is 0 Å². The first-order valence-electron chi connectivity index (χ1n) is 8.24. The molecule has 0 unspecified atom stereocenters. The van der Waals surface area contributed by atoms with Crippen LogP contribution in [0.15, 0.2) is 24.3 Å². The molecule has 0 aliphatic carbocycles. The highest BCUT2D eigenvalue weighted by Crippen LogP contribution is 2.19. The quantitative estimate of drug-likeness (QED) is 0.879. The van der Waals surface area contributed by atoms with Crippen LogP contribution in [0.4, 0.5) is 5.69 Å². The highest BCUT2D eigenvalue weighted by Gasteiger charge is 2.27. The van der Waals surface area contributed by atoms with Gasteiger partial charge in [0.25, 0.3) is 0 Å². The second-order valence-electron chi connectivity index (χ2n) is 7.33. The van der Waals surface area contributed by atoms with Gasteiger partial charge in [-0.15, -0.1) is 0 Å². The Labute approximate surface area is 134 Å². The molecule has 0 spiro atoms. The van der Waals surface area contributed by atoms with E-state index in [1.807, 2.05) is 32.9 Å². The van der Waals surface area contributed by atoms with E-state index in [1.165, 1.54) is 31.5 Å². The molecule has 1 atom stereocenters. The Morgan fingerprint density at radius 3 is 2.36 bits per heavy atom. The van der Waals surface area contributed by atoms with Gasteiger partial charge in [-0.2, -0.15) is 0 Å². The van der Waals surface area contributed by atoms with Gasteiger partial charge in [-0.1, -0.05) is 32.9 Å². The van der Waals surface area contributed by atoms with Crippen molar-refractivity contribution < 1.29 is 4.79 Å². The Morgan fingerprint density at radius 1 is 1.23 bits per heavy atom. The van der Waals surface area contributed by atoms with Gasteiger partial charge in [0.05, 0.1) is 6.04 Å². The smallest absolute Gasteiger partial charge is 0.241 e. The summed E-state index contributed by atoms with van der Waals surface area (Å²) in [6, 6.07) is 7.60. The lowest BCUT2D eigenvalue weighted by atomic mass is 9.87. The molecule has 2 rings (SSSR count). The third-order valence-electron chi connectivity index (χ3n) is 4.35. The van der Waals surface area contributed by atoms with E-state index in [-0.39, 0.29) is 11.3 Å². The van der Waals surface area contributed by atoms with Crippen molar-refractivity contribution in [2.24, 2.45) is 11.1 Å².